The van der Waals surface area contributed by atoms with E-state index in [1.54, 1.807) is 24.8 Å². The number of carbonyl (C=O) groups is 1. The molecule has 2 aromatic heterocycles. The number of aromatic nitrogens is 4. The highest BCUT2D eigenvalue weighted by Gasteiger charge is 2.36. The molecule has 1 aliphatic carbocycles. The molecule has 2 aliphatic rings. The van der Waals surface area contributed by atoms with Crippen LogP contribution in [0.2, 0.25) is 0 Å². The molecule has 7 heteroatoms. The lowest BCUT2D eigenvalue weighted by atomic mass is 9.84. The summed E-state index contributed by atoms with van der Waals surface area (Å²) in [5.41, 5.74) is 0.890. The van der Waals surface area contributed by atoms with E-state index in [0.29, 0.717) is 17.7 Å². The SMILES string of the molecule is O=C(C1CCC1)N1CCC[C@H]1c1ccnc(Nc2cnccn2)n1. The first kappa shape index (κ1) is 15.0. The van der Waals surface area contributed by atoms with E-state index >= 15 is 0 Å². The van der Waals surface area contributed by atoms with Crippen molar-refractivity contribution < 1.29 is 4.79 Å². The van der Waals surface area contributed by atoms with Crippen LogP contribution in [0.4, 0.5) is 11.8 Å². The maximum absolute atomic E-state index is 12.6. The van der Waals surface area contributed by atoms with Crippen LogP contribution in [0, 0.1) is 5.92 Å². The van der Waals surface area contributed by atoms with Crippen LogP contribution in [-0.4, -0.2) is 37.3 Å². The van der Waals surface area contributed by atoms with Crippen molar-refractivity contribution in [3.8, 4) is 0 Å². The summed E-state index contributed by atoms with van der Waals surface area (Å²) in [6.45, 7) is 0.830. The van der Waals surface area contributed by atoms with Gasteiger partial charge in [-0.25, -0.2) is 15.0 Å². The van der Waals surface area contributed by atoms with E-state index in [1.807, 2.05) is 11.0 Å². The number of likely N-dealkylation sites (tertiary alicyclic amines) is 1. The molecule has 4 rings (SSSR count). The zero-order chi connectivity index (χ0) is 16.4. The molecule has 0 spiro atoms. The highest BCUT2D eigenvalue weighted by molar-refractivity contribution is 5.80. The highest BCUT2D eigenvalue weighted by atomic mass is 16.2. The van der Waals surface area contributed by atoms with Gasteiger partial charge in [0.15, 0.2) is 5.82 Å². The molecule has 124 valence electrons. The van der Waals surface area contributed by atoms with Gasteiger partial charge in [-0.1, -0.05) is 6.42 Å². The lowest BCUT2D eigenvalue weighted by Gasteiger charge is -2.32. The fourth-order valence-electron chi connectivity index (χ4n) is 3.32. The molecule has 24 heavy (non-hydrogen) atoms. The van der Waals surface area contributed by atoms with Crippen LogP contribution in [0.15, 0.2) is 30.9 Å². The molecule has 3 heterocycles. The summed E-state index contributed by atoms with van der Waals surface area (Å²) in [5, 5.41) is 3.06. The minimum Gasteiger partial charge on any atom is -0.334 e. The van der Waals surface area contributed by atoms with Crippen LogP contribution in [0.1, 0.15) is 43.8 Å². The third-order valence-electron chi connectivity index (χ3n) is 4.81. The van der Waals surface area contributed by atoms with Crippen LogP contribution in [0.5, 0.6) is 0 Å². The second-order valence-corrected chi connectivity index (χ2v) is 6.34. The van der Waals surface area contributed by atoms with Gasteiger partial charge >= 0.3 is 0 Å². The quantitative estimate of drug-likeness (QED) is 0.930. The summed E-state index contributed by atoms with van der Waals surface area (Å²) >= 11 is 0. The second-order valence-electron chi connectivity index (χ2n) is 6.34. The zero-order valence-corrected chi connectivity index (χ0v) is 13.4. The molecule has 2 aromatic rings. The fraction of sp³-hybridized carbons (Fsp3) is 0.471. The van der Waals surface area contributed by atoms with Gasteiger partial charge in [0.25, 0.3) is 0 Å². The molecule has 1 amide bonds. The van der Waals surface area contributed by atoms with E-state index in [9.17, 15) is 4.79 Å². The van der Waals surface area contributed by atoms with Crippen molar-refractivity contribution in [2.75, 3.05) is 11.9 Å². The van der Waals surface area contributed by atoms with E-state index in [1.165, 1.54) is 6.42 Å². The van der Waals surface area contributed by atoms with Crippen molar-refractivity contribution in [2.45, 2.75) is 38.1 Å². The summed E-state index contributed by atoms with van der Waals surface area (Å²) < 4.78 is 0. The standard InChI is InChI=1S/C17H20N6O/c24-16(12-3-1-4-12)23-10-2-5-14(23)13-6-7-20-17(21-13)22-15-11-18-8-9-19-15/h6-9,11-12,14H,1-5,10H2,(H,19,20,21,22)/t14-/m0/s1. The van der Waals surface area contributed by atoms with E-state index < -0.39 is 0 Å². The first-order valence-electron chi connectivity index (χ1n) is 8.48. The van der Waals surface area contributed by atoms with Crippen molar-refractivity contribution in [2.24, 2.45) is 5.92 Å². The van der Waals surface area contributed by atoms with Gasteiger partial charge in [0.05, 0.1) is 17.9 Å². The van der Waals surface area contributed by atoms with E-state index in [-0.39, 0.29) is 12.0 Å². The molecule has 7 nitrogen and oxygen atoms in total. The van der Waals surface area contributed by atoms with E-state index in [2.05, 4.69) is 25.3 Å². The Morgan fingerprint density at radius 2 is 2.04 bits per heavy atom. The minimum atomic E-state index is 0.0588. The van der Waals surface area contributed by atoms with Gasteiger partial charge in [-0.2, -0.15) is 0 Å². The molecule has 1 atom stereocenters. The number of nitrogens with zero attached hydrogens (tertiary/aromatic N) is 5. The zero-order valence-electron chi connectivity index (χ0n) is 13.4. The Morgan fingerprint density at radius 3 is 2.79 bits per heavy atom. The monoisotopic (exact) mass is 324 g/mol. The molecular formula is C17H20N6O. The lowest BCUT2D eigenvalue weighted by molar-refractivity contribution is -0.139. The number of rotatable bonds is 4. The third-order valence-corrected chi connectivity index (χ3v) is 4.81. The summed E-state index contributed by atoms with van der Waals surface area (Å²) in [5.74, 6) is 1.61. The summed E-state index contributed by atoms with van der Waals surface area (Å²) in [7, 11) is 0. The van der Waals surface area contributed by atoms with Gasteiger partial charge in [0.1, 0.15) is 0 Å². The van der Waals surface area contributed by atoms with Gasteiger partial charge in [0.2, 0.25) is 11.9 Å². The molecular weight excluding hydrogens is 304 g/mol. The van der Waals surface area contributed by atoms with Gasteiger partial charge in [-0.3, -0.25) is 9.78 Å². The molecule has 0 bridgehead atoms. The number of carbonyl (C=O) groups excluding carboxylic acids is 1. The molecule has 1 N–H and O–H groups in total. The van der Waals surface area contributed by atoms with Crippen molar-refractivity contribution in [1.82, 2.24) is 24.8 Å². The maximum atomic E-state index is 12.6. The second kappa shape index (κ2) is 6.51. The first-order chi connectivity index (χ1) is 11.8. The predicted octanol–water partition coefficient (Wildman–Crippen LogP) is 2.47. The summed E-state index contributed by atoms with van der Waals surface area (Å²) in [4.78, 5) is 31.7. The Kier molecular flexibility index (Phi) is 4.06. The maximum Gasteiger partial charge on any atom is 0.228 e. The molecule has 0 unspecified atom stereocenters. The topological polar surface area (TPSA) is 83.9 Å². The molecule has 1 saturated heterocycles. The molecule has 0 radical (unpaired) electrons. The Labute approximate surface area is 140 Å². The van der Waals surface area contributed by atoms with Gasteiger partial charge in [0, 0.05) is 31.1 Å². The van der Waals surface area contributed by atoms with Crippen molar-refractivity contribution in [1.29, 1.82) is 0 Å². The molecule has 2 fully saturated rings. The number of hydrogen-bond donors (Lipinski definition) is 1. The predicted molar refractivity (Wildman–Crippen MR) is 88.4 cm³/mol. The van der Waals surface area contributed by atoms with Crippen LogP contribution in [0.3, 0.4) is 0 Å². The number of anilines is 2. The Balaban J connectivity index is 1.52. The Bertz CT molecular complexity index is 718. The molecule has 1 aliphatic heterocycles. The Hall–Kier alpha value is -2.57. The van der Waals surface area contributed by atoms with E-state index in [4.69, 9.17) is 0 Å². The third kappa shape index (κ3) is 2.93. The van der Waals surface area contributed by atoms with Gasteiger partial charge < -0.3 is 10.2 Å². The van der Waals surface area contributed by atoms with Gasteiger partial charge in [-0.05, 0) is 31.7 Å². The van der Waals surface area contributed by atoms with Crippen LogP contribution in [-0.2, 0) is 4.79 Å². The Morgan fingerprint density at radius 1 is 1.12 bits per heavy atom. The largest absolute Gasteiger partial charge is 0.334 e. The van der Waals surface area contributed by atoms with Crippen molar-refractivity contribution >= 4 is 17.7 Å². The molecule has 0 aromatic carbocycles. The highest BCUT2D eigenvalue weighted by Crippen LogP contribution is 2.36. The van der Waals surface area contributed by atoms with Crippen LogP contribution >= 0.6 is 0 Å². The van der Waals surface area contributed by atoms with Crippen molar-refractivity contribution in [3.05, 3.63) is 36.5 Å². The van der Waals surface area contributed by atoms with Crippen LogP contribution in [0.25, 0.3) is 0 Å². The average molecular weight is 324 g/mol. The lowest BCUT2D eigenvalue weighted by Crippen LogP contribution is -2.38. The molecule has 1 saturated carbocycles. The number of hydrogen-bond acceptors (Lipinski definition) is 6. The summed E-state index contributed by atoms with van der Waals surface area (Å²) in [6, 6.07) is 1.96. The minimum absolute atomic E-state index is 0.0588. The smallest absolute Gasteiger partial charge is 0.228 e. The number of nitrogens with one attached hydrogen (secondary N) is 1. The van der Waals surface area contributed by atoms with Crippen molar-refractivity contribution in [3.63, 3.8) is 0 Å². The van der Waals surface area contributed by atoms with Crippen LogP contribution < -0.4 is 5.32 Å². The number of amides is 1. The first-order valence-corrected chi connectivity index (χ1v) is 8.48. The summed E-state index contributed by atoms with van der Waals surface area (Å²) in [6.07, 6.45) is 11.8. The average Bonchev–Trinajstić information content (AvgIpc) is 3.04. The fourth-order valence-corrected chi connectivity index (χ4v) is 3.32. The normalized spacial score (nSPS) is 20.7. The van der Waals surface area contributed by atoms with Gasteiger partial charge in [-0.15, -0.1) is 0 Å². The van der Waals surface area contributed by atoms with E-state index in [0.717, 1.165) is 37.9 Å².